The minimum absolute atomic E-state index is 0.0599. The number of aromatic nitrogens is 1. The Bertz CT molecular complexity index is 665. The molecule has 7 nitrogen and oxygen atoms in total. The van der Waals surface area contributed by atoms with Crippen LogP contribution < -0.4 is 4.90 Å². The third kappa shape index (κ3) is 4.28. The molecule has 25 heavy (non-hydrogen) atoms. The largest absolute Gasteiger partial charge is 0.466 e. The number of esters is 2. The quantitative estimate of drug-likeness (QED) is 0.574. The van der Waals surface area contributed by atoms with Gasteiger partial charge in [0.25, 0.3) is 0 Å². The van der Waals surface area contributed by atoms with E-state index in [-0.39, 0.29) is 24.2 Å². The van der Waals surface area contributed by atoms with Crippen LogP contribution in [-0.4, -0.2) is 56.1 Å². The monoisotopic (exact) mass is 351 g/mol. The van der Waals surface area contributed by atoms with Gasteiger partial charge in [-0.15, -0.1) is 0 Å². The lowest BCUT2D eigenvalue weighted by Gasteiger charge is -2.28. The van der Waals surface area contributed by atoms with Gasteiger partial charge in [-0.2, -0.15) is 0 Å². The molecule has 2 heterocycles. The molecule has 2 rings (SSSR count). The van der Waals surface area contributed by atoms with Crippen molar-refractivity contribution in [3.05, 3.63) is 22.5 Å². The molecule has 1 aromatic heterocycles. The highest BCUT2D eigenvalue weighted by Crippen LogP contribution is 2.19. The summed E-state index contributed by atoms with van der Waals surface area (Å²) in [6, 6.07) is 0. The summed E-state index contributed by atoms with van der Waals surface area (Å²) in [5.41, 5.74) is 2.12. The number of H-pyrrole nitrogens is 1. The normalized spacial score (nSPS) is 20.2. The van der Waals surface area contributed by atoms with Gasteiger partial charge in [-0.3, -0.25) is 9.59 Å². The van der Waals surface area contributed by atoms with Gasteiger partial charge in [0.1, 0.15) is 12.5 Å². The molecule has 1 fully saturated rings. The minimum Gasteiger partial charge on any atom is -0.466 e. The van der Waals surface area contributed by atoms with Crippen LogP contribution in [0.2, 0.25) is 0 Å². The van der Waals surface area contributed by atoms with Gasteiger partial charge in [-0.1, -0.05) is 0 Å². The second-order valence-electron chi connectivity index (χ2n) is 6.51. The first-order valence-corrected chi connectivity index (χ1v) is 8.69. The molecule has 138 valence electrons. The van der Waals surface area contributed by atoms with E-state index in [2.05, 4.69) is 4.98 Å². The minimum atomic E-state index is -0.446. The van der Waals surface area contributed by atoms with Gasteiger partial charge in [0, 0.05) is 5.69 Å². The number of quaternary nitrogens is 1. The Morgan fingerprint density at radius 1 is 1.28 bits per heavy atom. The highest BCUT2D eigenvalue weighted by molar-refractivity contribution is 6.01. The Balaban J connectivity index is 2.07. The van der Waals surface area contributed by atoms with Crippen molar-refractivity contribution in [3.8, 4) is 0 Å². The van der Waals surface area contributed by atoms with Crippen molar-refractivity contribution in [1.82, 2.24) is 4.98 Å². The van der Waals surface area contributed by atoms with Crippen molar-refractivity contribution in [2.45, 2.75) is 33.6 Å². The van der Waals surface area contributed by atoms with Crippen LogP contribution in [0.25, 0.3) is 0 Å². The summed E-state index contributed by atoms with van der Waals surface area (Å²) in [6.45, 7) is 7.41. The zero-order valence-corrected chi connectivity index (χ0v) is 15.4. The molecule has 1 aromatic rings. The van der Waals surface area contributed by atoms with Crippen molar-refractivity contribution >= 4 is 17.7 Å². The first kappa shape index (κ1) is 19.2. The fraction of sp³-hybridized carbons (Fsp3) is 0.611. The summed E-state index contributed by atoms with van der Waals surface area (Å²) in [4.78, 5) is 40.6. The van der Waals surface area contributed by atoms with Crippen molar-refractivity contribution < 1.29 is 28.8 Å². The second kappa shape index (κ2) is 8.29. The Kier molecular flexibility index (Phi) is 6.36. The molecule has 2 N–H and O–H groups in total. The number of carbonyl (C=O) groups excluding carboxylic acids is 3. The van der Waals surface area contributed by atoms with Gasteiger partial charge in [0.2, 0.25) is 5.78 Å². The van der Waals surface area contributed by atoms with E-state index in [1.165, 1.54) is 7.11 Å². The fourth-order valence-corrected chi connectivity index (χ4v) is 3.53. The predicted molar refractivity (Wildman–Crippen MR) is 90.9 cm³/mol. The molecule has 1 saturated heterocycles. The maximum atomic E-state index is 12.7. The second-order valence-corrected chi connectivity index (χ2v) is 6.51. The molecule has 0 aromatic carbocycles. The molecule has 0 bridgehead atoms. The lowest BCUT2D eigenvalue weighted by atomic mass is 9.97. The number of rotatable bonds is 6. The molecular weight excluding hydrogens is 324 g/mol. The van der Waals surface area contributed by atoms with E-state index in [0.29, 0.717) is 35.7 Å². The van der Waals surface area contributed by atoms with E-state index < -0.39 is 5.97 Å². The molecule has 0 amide bonds. The number of hydrogen-bond acceptors (Lipinski definition) is 5. The molecule has 7 heteroatoms. The van der Waals surface area contributed by atoms with Gasteiger partial charge in [0.05, 0.1) is 38.1 Å². The van der Waals surface area contributed by atoms with Gasteiger partial charge >= 0.3 is 11.9 Å². The van der Waals surface area contributed by atoms with Gasteiger partial charge in [0.15, 0.2) is 0 Å². The van der Waals surface area contributed by atoms with E-state index >= 15 is 0 Å². The number of aromatic amines is 1. The number of nitrogens with one attached hydrogen (secondary N) is 2. The van der Waals surface area contributed by atoms with Crippen LogP contribution in [0.5, 0.6) is 0 Å². The molecule has 0 aliphatic carbocycles. The molecule has 1 unspecified atom stereocenters. The van der Waals surface area contributed by atoms with E-state index in [0.717, 1.165) is 24.3 Å². The molecule has 1 aliphatic heterocycles. The first-order valence-electron chi connectivity index (χ1n) is 8.69. The van der Waals surface area contributed by atoms with Crippen molar-refractivity contribution in [3.63, 3.8) is 0 Å². The summed E-state index contributed by atoms with van der Waals surface area (Å²) in [6.07, 6.45) is 1.70. The summed E-state index contributed by atoms with van der Waals surface area (Å²) in [5.74, 6) is -0.825. The van der Waals surface area contributed by atoms with Gasteiger partial charge < -0.3 is 19.4 Å². The Labute approximate surface area is 147 Å². The smallest absolute Gasteiger partial charge is 0.339 e. The molecule has 2 atom stereocenters. The predicted octanol–water partition coefficient (Wildman–Crippen LogP) is 0.459. The Morgan fingerprint density at radius 2 is 2.00 bits per heavy atom. The van der Waals surface area contributed by atoms with Crippen LogP contribution in [0, 0.1) is 19.8 Å². The molecule has 0 spiro atoms. The third-order valence-corrected chi connectivity index (χ3v) is 4.75. The molecular formula is C18H27N2O5+. The van der Waals surface area contributed by atoms with Crippen LogP contribution >= 0.6 is 0 Å². The lowest BCUT2D eigenvalue weighted by molar-refractivity contribution is -0.899. The fourth-order valence-electron chi connectivity index (χ4n) is 3.53. The average molecular weight is 351 g/mol. The summed E-state index contributed by atoms with van der Waals surface area (Å²) < 4.78 is 9.88. The van der Waals surface area contributed by atoms with Crippen molar-refractivity contribution in [2.75, 3.05) is 33.4 Å². The first-order chi connectivity index (χ1) is 11.9. The number of ketones is 1. The molecule has 1 aliphatic rings. The highest BCUT2D eigenvalue weighted by atomic mass is 16.5. The van der Waals surface area contributed by atoms with Crippen LogP contribution in [-0.2, 0) is 14.3 Å². The van der Waals surface area contributed by atoms with E-state index in [1.54, 1.807) is 20.8 Å². The molecule has 0 saturated carbocycles. The number of hydrogen-bond donors (Lipinski definition) is 2. The number of methoxy groups -OCH3 is 1. The molecule has 0 radical (unpaired) electrons. The van der Waals surface area contributed by atoms with Crippen LogP contribution in [0.15, 0.2) is 0 Å². The Morgan fingerprint density at radius 3 is 2.64 bits per heavy atom. The maximum absolute atomic E-state index is 12.7. The lowest BCUT2D eigenvalue weighted by Crippen LogP contribution is -3.14. The van der Waals surface area contributed by atoms with Crippen LogP contribution in [0.4, 0.5) is 0 Å². The number of carbonyl (C=O) groups is 3. The van der Waals surface area contributed by atoms with E-state index in [1.807, 2.05) is 0 Å². The Hall–Kier alpha value is -2.15. The van der Waals surface area contributed by atoms with Crippen molar-refractivity contribution in [2.24, 2.45) is 5.92 Å². The topological polar surface area (TPSA) is 89.9 Å². The number of likely N-dealkylation sites (tertiary alicyclic amines) is 1. The van der Waals surface area contributed by atoms with Crippen LogP contribution in [0.3, 0.4) is 0 Å². The SMILES string of the molecule is CCOC(=O)[C@@H]1CCC[NH+](CC(=O)c2[nH]c(C)c(C(=O)OC)c2C)C1. The summed E-state index contributed by atoms with van der Waals surface area (Å²) in [5, 5.41) is 0. The third-order valence-electron chi connectivity index (χ3n) is 4.75. The summed E-state index contributed by atoms with van der Waals surface area (Å²) >= 11 is 0. The van der Waals surface area contributed by atoms with E-state index in [4.69, 9.17) is 9.47 Å². The zero-order chi connectivity index (χ0) is 18.6. The highest BCUT2D eigenvalue weighted by Gasteiger charge is 2.32. The number of ether oxygens (including phenoxy) is 2. The van der Waals surface area contributed by atoms with Crippen molar-refractivity contribution in [1.29, 1.82) is 0 Å². The zero-order valence-electron chi connectivity index (χ0n) is 15.4. The number of piperidine rings is 1. The van der Waals surface area contributed by atoms with Gasteiger partial charge in [-0.05, 0) is 39.2 Å². The average Bonchev–Trinajstić information content (AvgIpc) is 2.89. The number of Topliss-reactive ketones (excluding diaryl/α,β-unsaturated/α-hetero) is 1. The number of aryl methyl sites for hydroxylation is 1. The van der Waals surface area contributed by atoms with Crippen LogP contribution in [0.1, 0.15) is 51.9 Å². The maximum Gasteiger partial charge on any atom is 0.339 e. The van der Waals surface area contributed by atoms with E-state index in [9.17, 15) is 14.4 Å². The summed E-state index contributed by atoms with van der Waals surface area (Å²) in [7, 11) is 1.32. The standard InChI is InChI=1S/C18H26N2O5/c1-5-25-17(22)13-7-6-8-20(9-13)10-14(21)16-11(2)15(12(3)19-16)18(23)24-4/h13,19H,5-10H2,1-4H3/p+1/t13-/m1/s1. The van der Waals surface area contributed by atoms with Gasteiger partial charge in [-0.25, -0.2) is 4.79 Å².